The number of aliphatic hydroxyl groups excluding tert-OH is 1. The SMILES string of the molecule is CC(CO)NC(=O)c1cc(C2=CC=C(Cl)CC2)nn(-c2cccc(Cl)c2)c1=O. The molecular weight excluding hydrogens is 401 g/mol. The number of carbonyl (C=O) groups is 1. The lowest BCUT2D eigenvalue weighted by molar-refractivity contribution is 0.0920. The highest BCUT2D eigenvalue weighted by Crippen LogP contribution is 2.27. The Kier molecular flexibility index (Phi) is 6.34. The summed E-state index contributed by atoms with van der Waals surface area (Å²) in [4.78, 5) is 25.6. The molecule has 1 aromatic carbocycles. The summed E-state index contributed by atoms with van der Waals surface area (Å²) < 4.78 is 1.17. The largest absolute Gasteiger partial charge is 0.394 e. The van der Waals surface area contributed by atoms with Gasteiger partial charge in [0, 0.05) is 16.1 Å². The summed E-state index contributed by atoms with van der Waals surface area (Å²) in [5.41, 5.74) is 1.19. The van der Waals surface area contributed by atoms with Crippen LogP contribution in [0.2, 0.25) is 5.02 Å². The molecule has 0 bridgehead atoms. The average Bonchev–Trinajstić information content (AvgIpc) is 2.68. The van der Waals surface area contributed by atoms with Crippen LogP contribution < -0.4 is 10.9 Å². The Morgan fingerprint density at radius 1 is 1.29 bits per heavy atom. The molecule has 0 spiro atoms. The Labute approximate surface area is 172 Å². The predicted molar refractivity (Wildman–Crippen MR) is 110 cm³/mol. The fourth-order valence-corrected chi connectivity index (χ4v) is 3.11. The molecule has 2 N–H and O–H groups in total. The minimum absolute atomic E-state index is 0.0631. The second-order valence-corrected chi connectivity index (χ2v) is 7.42. The van der Waals surface area contributed by atoms with E-state index in [0.29, 0.717) is 29.2 Å². The first kappa shape index (κ1) is 20.3. The number of carbonyl (C=O) groups excluding carboxylic acids is 1. The molecule has 3 rings (SSSR count). The molecule has 1 atom stereocenters. The number of nitrogens with zero attached hydrogens (tertiary/aromatic N) is 2. The third-order valence-corrected chi connectivity index (χ3v) is 4.84. The minimum atomic E-state index is -0.573. The fraction of sp³-hybridized carbons (Fsp3) is 0.250. The summed E-state index contributed by atoms with van der Waals surface area (Å²) in [7, 11) is 0. The number of hydrogen-bond donors (Lipinski definition) is 2. The van der Waals surface area contributed by atoms with Gasteiger partial charge in [0.1, 0.15) is 5.56 Å². The number of benzene rings is 1. The van der Waals surface area contributed by atoms with Crippen molar-refractivity contribution >= 4 is 34.7 Å². The Morgan fingerprint density at radius 3 is 2.71 bits per heavy atom. The number of allylic oxidation sites excluding steroid dienone is 4. The highest BCUT2D eigenvalue weighted by atomic mass is 35.5. The van der Waals surface area contributed by atoms with Crippen molar-refractivity contribution in [3.8, 4) is 5.69 Å². The van der Waals surface area contributed by atoms with Gasteiger partial charge in [-0.1, -0.05) is 35.3 Å². The molecule has 1 heterocycles. The summed E-state index contributed by atoms with van der Waals surface area (Å²) in [6.07, 6.45) is 4.92. The normalized spacial score (nSPS) is 14.9. The number of aliphatic hydroxyl groups is 1. The summed E-state index contributed by atoms with van der Waals surface area (Å²) in [5.74, 6) is -0.573. The van der Waals surface area contributed by atoms with Gasteiger partial charge in [-0.25, -0.2) is 0 Å². The van der Waals surface area contributed by atoms with Gasteiger partial charge in [-0.2, -0.15) is 9.78 Å². The van der Waals surface area contributed by atoms with E-state index in [9.17, 15) is 14.7 Å². The molecule has 1 aliphatic carbocycles. The molecule has 0 saturated heterocycles. The van der Waals surface area contributed by atoms with Crippen LogP contribution >= 0.6 is 23.2 Å². The average molecular weight is 420 g/mol. The van der Waals surface area contributed by atoms with Gasteiger partial charge in [0.05, 0.1) is 18.0 Å². The molecule has 0 saturated carbocycles. The number of halogens is 2. The summed E-state index contributed by atoms with van der Waals surface area (Å²) in [6, 6.07) is 7.67. The van der Waals surface area contributed by atoms with Crippen LogP contribution in [0.15, 0.2) is 52.3 Å². The minimum Gasteiger partial charge on any atom is -0.394 e. The number of nitrogens with one attached hydrogen (secondary N) is 1. The number of aromatic nitrogens is 2. The first-order valence-corrected chi connectivity index (χ1v) is 9.52. The molecule has 28 heavy (non-hydrogen) atoms. The Balaban J connectivity index is 2.16. The van der Waals surface area contributed by atoms with Crippen LogP contribution in [0, 0.1) is 0 Å². The van der Waals surface area contributed by atoms with Gasteiger partial charge in [0.2, 0.25) is 0 Å². The quantitative estimate of drug-likeness (QED) is 0.778. The van der Waals surface area contributed by atoms with E-state index in [1.54, 1.807) is 37.3 Å². The van der Waals surface area contributed by atoms with Crippen LogP contribution in [-0.2, 0) is 0 Å². The number of amides is 1. The highest BCUT2D eigenvalue weighted by Gasteiger charge is 2.20. The summed E-state index contributed by atoms with van der Waals surface area (Å²) in [6.45, 7) is 1.41. The molecule has 8 heteroatoms. The zero-order valence-electron chi connectivity index (χ0n) is 15.2. The Bertz CT molecular complexity index is 1030. The van der Waals surface area contributed by atoms with Crippen molar-refractivity contribution in [1.82, 2.24) is 15.1 Å². The maximum Gasteiger partial charge on any atom is 0.284 e. The standard InChI is InChI=1S/C20H19Cl2N3O3/c1-12(11-26)23-19(27)17-10-18(13-5-7-14(21)8-6-13)24-25(20(17)28)16-4-2-3-15(22)9-16/h2-5,7,9-10,12,26H,6,8,11H2,1H3,(H,23,27). The molecule has 0 radical (unpaired) electrons. The third kappa shape index (κ3) is 4.52. The zero-order valence-corrected chi connectivity index (χ0v) is 16.7. The van der Waals surface area contributed by atoms with Gasteiger partial charge >= 0.3 is 0 Å². The van der Waals surface area contributed by atoms with Gasteiger partial charge in [-0.3, -0.25) is 9.59 Å². The van der Waals surface area contributed by atoms with Crippen LogP contribution in [0.4, 0.5) is 0 Å². The predicted octanol–water partition coefficient (Wildman–Crippen LogP) is 3.30. The summed E-state index contributed by atoms with van der Waals surface area (Å²) in [5, 5.41) is 17.4. The van der Waals surface area contributed by atoms with Crippen molar-refractivity contribution in [2.75, 3.05) is 6.61 Å². The molecule has 1 aromatic heterocycles. The lowest BCUT2D eigenvalue weighted by Crippen LogP contribution is -2.39. The Morgan fingerprint density at radius 2 is 2.07 bits per heavy atom. The van der Waals surface area contributed by atoms with Crippen LogP contribution in [0.3, 0.4) is 0 Å². The van der Waals surface area contributed by atoms with E-state index in [1.165, 1.54) is 10.7 Å². The maximum atomic E-state index is 13.0. The van der Waals surface area contributed by atoms with Crippen molar-refractivity contribution in [3.05, 3.63) is 74.1 Å². The fourth-order valence-electron chi connectivity index (χ4n) is 2.77. The van der Waals surface area contributed by atoms with E-state index >= 15 is 0 Å². The van der Waals surface area contributed by atoms with Gasteiger partial charge in [0.25, 0.3) is 11.5 Å². The highest BCUT2D eigenvalue weighted by molar-refractivity contribution is 6.30. The van der Waals surface area contributed by atoms with Crippen LogP contribution in [-0.4, -0.2) is 33.4 Å². The van der Waals surface area contributed by atoms with E-state index in [-0.39, 0.29) is 12.2 Å². The first-order chi connectivity index (χ1) is 13.4. The third-order valence-electron chi connectivity index (χ3n) is 4.29. The van der Waals surface area contributed by atoms with E-state index in [4.69, 9.17) is 23.2 Å². The molecule has 0 aliphatic heterocycles. The smallest absolute Gasteiger partial charge is 0.284 e. The van der Waals surface area contributed by atoms with Crippen LogP contribution in [0.5, 0.6) is 0 Å². The topological polar surface area (TPSA) is 84.2 Å². The molecule has 0 fully saturated rings. The van der Waals surface area contributed by atoms with Crippen molar-refractivity contribution < 1.29 is 9.90 Å². The van der Waals surface area contributed by atoms with Crippen molar-refractivity contribution in [2.24, 2.45) is 0 Å². The molecular formula is C20H19Cl2N3O3. The zero-order chi connectivity index (χ0) is 20.3. The lowest BCUT2D eigenvalue weighted by Gasteiger charge is -2.16. The van der Waals surface area contributed by atoms with Crippen molar-refractivity contribution in [2.45, 2.75) is 25.8 Å². The Hall–Kier alpha value is -2.41. The maximum absolute atomic E-state index is 13.0. The molecule has 1 aliphatic rings. The molecule has 1 amide bonds. The van der Waals surface area contributed by atoms with Gasteiger partial charge in [-0.15, -0.1) is 0 Å². The molecule has 2 aromatic rings. The lowest BCUT2D eigenvalue weighted by atomic mass is 10.0. The molecule has 6 nitrogen and oxygen atoms in total. The van der Waals surface area contributed by atoms with E-state index < -0.39 is 17.5 Å². The number of hydrogen-bond acceptors (Lipinski definition) is 4. The van der Waals surface area contributed by atoms with Gasteiger partial charge in [-0.05, 0) is 55.7 Å². The van der Waals surface area contributed by atoms with E-state index in [2.05, 4.69) is 10.4 Å². The van der Waals surface area contributed by atoms with Crippen molar-refractivity contribution in [1.29, 1.82) is 0 Å². The van der Waals surface area contributed by atoms with Gasteiger partial charge < -0.3 is 10.4 Å². The van der Waals surface area contributed by atoms with Crippen molar-refractivity contribution in [3.63, 3.8) is 0 Å². The second-order valence-electron chi connectivity index (χ2n) is 6.50. The van der Waals surface area contributed by atoms with E-state index in [1.807, 2.05) is 6.08 Å². The second kappa shape index (κ2) is 8.73. The van der Waals surface area contributed by atoms with Crippen LogP contribution in [0.1, 0.15) is 35.8 Å². The number of rotatable bonds is 5. The monoisotopic (exact) mass is 419 g/mol. The first-order valence-electron chi connectivity index (χ1n) is 8.76. The molecule has 146 valence electrons. The molecule has 1 unspecified atom stereocenters. The van der Waals surface area contributed by atoms with Crippen LogP contribution in [0.25, 0.3) is 11.3 Å². The summed E-state index contributed by atoms with van der Waals surface area (Å²) >= 11 is 12.1. The van der Waals surface area contributed by atoms with E-state index in [0.717, 1.165) is 10.6 Å². The van der Waals surface area contributed by atoms with Gasteiger partial charge in [0.15, 0.2) is 0 Å².